The molecule has 0 saturated carbocycles. The lowest BCUT2D eigenvalue weighted by Gasteiger charge is -2.17. The number of rotatable bonds is 4. The number of sulfonamides is 1. The van der Waals surface area contributed by atoms with Crippen LogP contribution in [0.1, 0.15) is 25.1 Å². The summed E-state index contributed by atoms with van der Waals surface area (Å²) in [5.74, 6) is 1.09. The van der Waals surface area contributed by atoms with Crippen LogP contribution in [0.5, 0.6) is 0 Å². The minimum Gasteiger partial charge on any atom is -0.338 e. The van der Waals surface area contributed by atoms with Crippen molar-refractivity contribution in [3.63, 3.8) is 0 Å². The van der Waals surface area contributed by atoms with Gasteiger partial charge in [0.2, 0.25) is 0 Å². The molecule has 8 heteroatoms. The maximum atomic E-state index is 12.7. The third-order valence-corrected chi connectivity index (χ3v) is 5.87. The summed E-state index contributed by atoms with van der Waals surface area (Å²) in [6, 6.07) is 0. The van der Waals surface area contributed by atoms with Crippen LogP contribution in [0, 0.1) is 0 Å². The molecule has 7 nitrogen and oxygen atoms in total. The summed E-state index contributed by atoms with van der Waals surface area (Å²) in [7, 11) is -1.54. The number of nitrogens with zero attached hydrogens (tertiary/aromatic N) is 5. The van der Waals surface area contributed by atoms with Gasteiger partial charge in [-0.1, -0.05) is 0 Å². The van der Waals surface area contributed by atoms with E-state index in [9.17, 15) is 8.42 Å². The van der Waals surface area contributed by atoms with Gasteiger partial charge in [-0.15, -0.1) is 0 Å². The molecule has 0 aromatic carbocycles. The van der Waals surface area contributed by atoms with Crippen LogP contribution >= 0.6 is 0 Å². The molecule has 1 aliphatic heterocycles. The molecule has 0 spiro atoms. The molecule has 0 amide bonds. The normalized spacial score (nSPS) is 20.2. The predicted molar refractivity (Wildman–Crippen MR) is 77.2 cm³/mol. The first-order chi connectivity index (χ1) is 10.0. The zero-order valence-corrected chi connectivity index (χ0v) is 13.0. The molecule has 0 aliphatic carbocycles. The van der Waals surface area contributed by atoms with Crippen LogP contribution in [0.2, 0.25) is 0 Å². The maximum absolute atomic E-state index is 12.7. The highest BCUT2D eigenvalue weighted by atomic mass is 32.2. The zero-order valence-electron chi connectivity index (χ0n) is 12.2. The molecule has 2 aromatic rings. The molecule has 1 unspecified atom stereocenters. The molecule has 21 heavy (non-hydrogen) atoms. The van der Waals surface area contributed by atoms with Crippen LogP contribution in [-0.2, 0) is 23.6 Å². The van der Waals surface area contributed by atoms with Crippen molar-refractivity contribution in [1.82, 2.24) is 23.4 Å². The Kier molecular flexibility index (Phi) is 3.58. The van der Waals surface area contributed by atoms with Crippen molar-refractivity contribution < 1.29 is 8.42 Å². The first-order valence-corrected chi connectivity index (χ1v) is 8.45. The second-order valence-electron chi connectivity index (χ2n) is 5.26. The molecule has 1 fully saturated rings. The maximum Gasteiger partial charge on any atom is 0.260 e. The van der Waals surface area contributed by atoms with Crippen molar-refractivity contribution >= 4 is 10.0 Å². The highest BCUT2D eigenvalue weighted by Gasteiger charge is 2.36. The van der Waals surface area contributed by atoms with Gasteiger partial charge in [0.05, 0.1) is 12.5 Å². The number of hydrogen-bond donors (Lipinski definition) is 0. The van der Waals surface area contributed by atoms with Gasteiger partial charge in [-0.3, -0.25) is 0 Å². The van der Waals surface area contributed by atoms with Crippen LogP contribution in [0.15, 0.2) is 29.9 Å². The van der Waals surface area contributed by atoms with Crippen LogP contribution in [0.3, 0.4) is 0 Å². The topological polar surface area (TPSA) is 73.0 Å². The van der Waals surface area contributed by atoms with E-state index in [0.29, 0.717) is 19.6 Å². The van der Waals surface area contributed by atoms with Gasteiger partial charge in [-0.25, -0.2) is 18.4 Å². The highest BCUT2D eigenvalue weighted by molar-refractivity contribution is 7.89. The molecule has 1 atom stereocenters. The van der Waals surface area contributed by atoms with Gasteiger partial charge in [0.1, 0.15) is 5.82 Å². The Bertz CT molecular complexity index is 733. The SMILES string of the molecule is CCn1cncc1S(=O)(=O)N1CCC(c2nccn2C)C1. The third kappa shape index (κ3) is 2.38. The molecule has 0 N–H and O–H groups in total. The van der Waals surface area contributed by atoms with E-state index in [4.69, 9.17) is 0 Å². The fourth-order valence-electron chi connectivity index (χ4n) is 2.82. The summed E-state index contributed by atoms with van der Waals surface area (Å²) in [6.45, 7) is 3.49. The molecule has 1 aliphatic rings. The molecule has 0 radical (unpaired) electrons. The second-order valence-corrected chi connectivity index (χ2v) is 7.15. The molecule has 0 bridgehead atoms. The summed E-state index contributed by atoms with van der Waals surface area (Å²) < 4.78 is 30.6. The van der Waals surface area contributed by atoms with Crippen LogP contribution < -0.4 is 0 Å². The fourth-order valence-corrected chi connectivity index (χ4v) is 4.47. The molecule has 3 heterocycles. The predicted octanol–water partition coefficient (Wildman–Crippen LogP) is 0.815. The average molecular weight is 309 g/mol. The van der Waals surface area contributed by atoms with Gasteiger partial charge in [0, 0.05) is 45.0 Å². The second kappa shape index (κ2) is 5.27. The van der Waals surface area contributed by atoms with Crippen molar-refractivity contribution in [2.24, 2.45) is 7.05 Å². The number of aromatic nitrogens is 4. The van der Waals surface area contributed by atoms with Crippen LogP contribution in [-0.4, -0.2) is 44.9 Å². The quantitative estimate of drug-likeness (QED) is 0.838. The van der Waals surface area contributed by atoms with Crippen molar-refractivity contribution in [3.05, 3.63) is 30.7 Å². The van der Waals surface area contributed by atoms with E-state index in [1.54, 1.807) is 17.1 Å². The first-order valence-electron chi connectivity index (χ1n) is 7.01. The Balaban J connectivity index is 1.84. The van der Waals surface area contributed by atoms with E-state index >= 15 is 0 Å². The lowest BCUT2D eigenvalue weighted by molar-refractivity contribution is 0.461. The van der Waals surface area contributed by atoms with Gasteiger partial charge in [-0.05, 0) is 13.3 Å². The van der Waals surface area contributed by atoms with Gasteiger partial charge in [-0.2, -0.15) is 4.31 Å². The molecular weight excluding hydrogens is 290 g/mol. The number of aryl methyl sites for hydroxylation is 2. The van der Waals surface area contributed by atoms with E-state index in [0.717, 1.165) is 12.2 Å². The first kappa shape index (κ1) is 14.3. The van der Waals surface area contributed by atoms with Crippen molar-refractivity contribution in [1.29, 1.82) is 0 Å². The largest absolute Gasteiger partial charge is 0.338 e. The van der Waals surface area contributed by atoms with Gasteiger partial charge in [0.25, 0.3) is 10.0 Å². The number of hydrogen-bond acceptors (Lipinski definition) is 4. The summed E-state index contributed by atoms with van der Waals surface area (Å²) >= 11 is 0. The molecular formula is C13H19N5O2S. The standard InChI is InChI=1S/C13H19N5O2S/c1-3-17-10-14-8-12(17)21(19,20)18-6-4-11(9-18)13-15-5-7-16(13)2/h5,7-8,10-11H,3-4,6,9H2,1-2H3. The van der Waals surface area contributed by atoms with Gasteiger partial charge in [0.15, 0.2) is 5.03 Å². The number of imidazole rings is 2. The Morgan fingerprint density at radius 2 is 2.24 bits per heavy atom. The van der Waals surface area contributed by atoms with E-state index in [2.05, 4.69) is 9.97 Å². The fraction of sp³-hybridized carbons (Fsp3) is 0.538. The summed E-state index contributed by atoms with van der Waals surface area (Å²) in [5, 5.41) is 0.269. The molecule has 1 saturated heterocycles. The smallest absolute Gasteiger partial charge is 0.260 e. The van der Waals surface area contributed by atoms with E-state index in [1.807, 2.05) is 24.7 Å². The average Bonchev–Trinajstić information content (AvgIpc) is 3.18. The third-order valence-electron chi connectivity index (χ3n) is 3.99. The summed E-state index contributed by atoms with van der Waals surface area (Å²) in [5.41, 5.74) is 0. The Labute approximate surface area is 124 Å². The van der Waals surface area contributed by atoms with E-state index in [1.165, 1.54) is 10.5 Å². The molecule has 3 rings (SSSR count). The van der Waals surface area contributed by atoms with Crippen molar-refractivity contribution in [2.75, 3.05) is 13.1 Å². The van der Waals surface area contributed by atoms with E-state index < -0.39 is 10.0 Å². The summed E-state index contributed by atoms with van der Waals surface area (Å²) in [4.78, 5) is 8.29. The highest BCUT2D eigenvalue weighted by Crippen LogP contribution is 2.29. The lowest BCUT2D eigenvalue weighted by atomic mass is 10.1. The molecule has 114 valence electrons. The zero-order chi connectivity index (χ0) is 15.0. The van der Waals surface area contributed by atoms with E-state index in [-0.39, 0.29) is 10.9 Å². The Hall–Kier alpha value is -1.67. The van der Waals surface area contributed by atoms with Gasteiger partial charge < -0.3 is 9.13 Å². The van der Waals surface area contributed by atoms with Crippen molar-refractivity contribution in [3.8, 4) is 0 Å². The Morgan fingerprint density at radius 1 is 1.43 bits per heavy atom. The lowest BCUT2D eigenvalue weighted by Crippen LogP contribution is -2.30. The minimum atomic E-state index is -3.48. The summed E-state index contributed by atoms with van der Waals surface area (Å²) in [6.07, 6.45) is 7.41. The van der Waals surface area contributed by atoms with Crippen molar-refractivity contribution in [2.45, 2.75) is 30.8 Å². The monoisotopic (exact) mass is 309 g/mol. The van der Waals surface area contributed by atoms with Gasteiger partial charge >= 0.3 is 0 Å². The molecule has 2 aromatic heterocycles. The van der Waals surface area contributed by atoms with Crippen LogP contribution in [0.4, 0.5) is 0 Å². The minimum absolute atomic E-state index is 0.151. The van der Waals surface area contributed by atoms with Crippen LogP contribution in [0.25, 0.3) is 0 Å². The Morgan fingerprint density at radius 3 is 2.90 bits per heavy atom.